The van der Waals surface area contributed by atoms with Crippen LogP contribution in [-0.4, -0.2) is 16.3 Å². The molecule has 0 heterocycles. The lowest BCUT2D eigenvalue weighted by molar-refractivity contribution is 0.0282. The highest BCUT2D eigenvalue weighted by molar-refractivity contribution is 5.21. The summed E-state index contributed by atoms with van der Waals surface area (Å²) in [4.78, 5) is 0. The second kappa shape index (κ2) is 5.29. The maximum Gasteiger partial charge on any atom is 0.0869 e. The monoisotopic (exact) mass is 208 g/mol. The Balaban J connectivity index is 2.59. The van der Waals surface area contributed by atoms with E-state index in [1.54, 1.807) is 6.92 Å². The van der Waals surface area contributed by atoms with Crippen LogP contribution in [0.3, 0.4) is 0 Å². The van der Waals surface area contributed by atoms with E-state index in [4.69, 9.17) is 0 Å². The fourth-order valence-corrected chi connectivity index (χ4v) is 1.59. The van der Waals surface area contributed by atoms with Crippen molar-refractivity contribution in [3.05, 3.63) is 35.9 Å². The molecule has 0 aliphatic heterocycles. The van der Waals surface area contributed by atoms with E-state index in [9.17, 15) is 10.2 Å². The second-order valence-corrected chi connectivity index (χ2v) is 4.24. The molecule has 1 aromatic carbocycles. The molecule has 2 N–H and O–H groups in total. The van der Waals surface area contributed by atoms with Crippen molar-refractivity contribution in [2.24, 2.45) is 0 Å². The normalized spacial score (nSPS) is 17.1. The summed E-state index contributed by atoms with van der Waals surface area (Å²) in [6, 6.07) is 9.59. The summed E-state index contributed by atoms with van der Waals surface area (Å²) >= 11 is 0. The lowest BCUT2D eigenvalue weighted by Gasteiger charge is -2.24. The van der Waals surface area contributed by atoms with E-state index in [0.29, 0.717) is 12.8 Å². The highest BCUT2D eigenvalue weighted by Gasteiger charge is 2.23. The van der Waals surface area contributed by atoms with Crippen LogP contribution in [0, 0.1) is 0 Å². The van der Waals surface area contributed by atoms with Crippen LogP contribution in [0.5, 0.6) is 0 Å². The third-order valence-electron chi connectivity index (χ3n) is 2.83. The minimum atomic E-state index is -0.836. The Morgan fingerprint density at radius 2 is 1.87 bits per heavy atom. The molecule has 0 aromatic heterocycles. The molecule has 0 saturated carbocycles. The number of benzene rings is 1. The Hall–Kier alpha value is -0.860. The smallest absolute Gasteiger partial charge is 0.0869 e. The molecule has 1 rings (SSSR count). The zero-order valence-corrected chi connectivity index (χ0v) is 9.48. The molecule has 1 aromatic rings. The first-order chi connectivity index (χ1) is 7.06. The summed E-state index contributed by atoms with van der Waals surface area (Å²) in [7, 11) is 0. The molecule has 0 radical (unpaired) electrons. The van der Waals surface area contributed by atoms with Crippen LogP contribution in [0.15, 0.2) is 30.3 Å². The van der Waals surface area contributed by atoms with Gasteiger partial charge in [0.1, 0.15) is 0 Å². The standard InChI is InChI=1S/C13H20O2/c1-3-12(14)9-10-13(2,15)11-7-5-4-6-8-11/h4-8,12,14-15H,3,9-10H2,1-2H3. The van der Waals surface area contributed by atoms with E-state index < -0.39 is 5.60 Å². The molecule has 15 heavy (non-hydrogen) atoms. The molecule has 2 atom stereocenters. The van der Waals surface area contributed by atoms with Crippen LogP contribution in [0.4, 0.5) is 0 Å². The van der Waals surface area contributed by atoms with Gasteiger partial charge in [-0.3, -0.25) is 0 Å². The van der Waals surface area contributed by atoms with E-state index in [1.807, 2.05) is 37.3 Å². The predicted octanol–water partition coefficient (Wildman–Crippen LogP) is 2.45. The summed E-state index contributed by atoms with van der Waals surface area (Å²) in [6.45, 7) is 3.74. The van der Waals surface area contributed by atoms with Gasteiger partial charge in [-0.2, -0.15) is 0 Å². The fourth-order valence-electron chi connectivity index (χ4n) is 1.59. The van der Waals surface area contributed by atoms with E-state index >= 15 is 0 Å². The van der Waals surface area contributed by atoms with Gasteiger partial charge < -0.3 is 10.2 Å². The van der Waals surface area contributed by atoms with Crippen molar-refractivity contribution in [2.75, 3.05) is 0 Å². The topological polar surface area (TPSA) is 40.5 Å². The van der Waals surface area contributed by atoms with Gasteiger partial charge >= 0.3 is 0 Å². The molecule has 0 bridgehead atoms. The Kier molecular flexibility index (Phi) is 4.30. The Morgan fingerprint density at radius 1 is 1.27 bits per heavy atom. The molecule has 84 valence electrons. The molecule has 0 spiro atoms. The van der Waals surface area contributed by atoms with Crippen LogP contribution in [-0.2, 0) is 5.60 Å². The van der Waals surface area contributed by atoms with Crippen molar-refractivity contribution in [1.82, 2.24) is 0 Å². The Morgan fingerprint density at radius 3 is 2.40 bits per heavy atom. The van der Waals surface area contributed by atoms with Crippen molar-refractivity contribution in [3.63, 3.8) is 0 Å². The lowest BCUT2D eigenvalue weighted by Crippen LogP contribution is -2.23. The van der Waals surface area contributed by atoms with Gasteiger partial charge in [0.05, 0.1) is 11.7 Å². The fraction of sp³-hybridized carbons (Fsp3) is 0.538. The van der Waals surface area contributed by atoms with E-state index in [2.05, 4.69) is 0 Å². The maximum absolute atomic E-state index is 10.2. The molecule has 2 nitrogen and oxygen atoms in total. The number of aliphatic hydroxyl groups excluding tert-OH is 1. The summed E-state index contributed by atoms with van der Waals surface area (Å²) in [5.74, 6) is 0. The van der Waals surface area contributed by atoms with Crippen molar-refractivity contribution in [2.45, 2.75) is 44.8 Å². The summed E-state index contributed by atoms with van der Waals surface area (Å²) in [5.41, 5.74) is 0.0746. The number of hydrogen-bond acceptors (Lipinski definition) is 2. The summed E-state index contributed by atoms with van der Waals surface area (Å²) < 4.78 is 0. The van der Waals surface area contributed by atoms with Crippen molar-refractivity contribution < 1.29 is 10.2 Å². The quantitative estimate of drug-likeness (QED) is 0.780. The minimum absolute atomic E-state index is 0.305. The van der Waals surface area contributed by atoms with Gasteiger partial charge in [0.25, 0.3) is 0 Å². The average molecular weight is 208 g/mol. The van der Waals surface area contributed by atoms with E-state index in [0.717, 1.165) is 12.0 Å². The van der Waals surface area contributed by atoms with Gasteiger partial charge in [-0.05, 0) is 31.7 Å². The number of rotatable bonds is 5. The highest BCUT2D eigenvalue weighted by Crippen LogP contribution is 2.26. The maximum atomic E-state index is 10.2. The number of aliphatic hydroxyl groups is 2. The second-order valence-electron chi connectivity index (χ2n) is 4.24. The van der Waals surface area contributed by atoms with Gasteiger partial charge in [-0.15, -0.1) is 0 Å². The first kappa shape index (κ1) is 12.2. The zero-order chi connectivity index (χ0) is 11.3. The first-order valence-corrected chi connectivity index (χ1v) is 5.52. The van der Waals surface area contributed by atoms with Crippen LogP contribution >= 0.6 is 0 Å². The van der Waals surface area contributed by atoms with Crippen LogP contribution in [0.25, 0.3) is 0 Å². The lowest BCUT2D eigenvalue weighted by atomic mass is 9.90. The molecule has 2 heteroatoms. The summed E-state index contributed by atoms with van der Waals surface area (Å²) in [5, 5.41) is 19.7. The van der Waals surface area contributed by atoms with Crippen molar-refractivity contribution in [3.8, 4) is 0 Å². The van der Waals surface area contributed by atoms with Gasteiger partial charge in [0.15, 0.2) is 0 Å². The largest absolute Gasteiger partial charge is 0.393 e. The third-order valence-corrected chi connectivity index (χ3v) is 2.83. The van der Waals surface area contributed by atoms with Gasteiger partial charge in [-0.25, -0.2) is 0 Å². The van der Waals surface area contributed by atoms with Crippen molar-refractivity contribution in [1.29, 1.82) is 0 Å². The zero-order valence-electron chi connectivity index (χ0n) is 9.48. The number of hydrogen-bond donors (Lipinski definition) is 2. The molecule has 0 fully saturated rings. The molecule has 0 saturated heterocycles. The first-order valence-electron chi connectivity index (χ1n) is 5.52. The highest BCUT2D eigenvalue weighted by atomic mass is 16.3. The van der Waals surface area contributed by atoms with Gasteiger partial charge in [0, 0.05) is 0 Å². The molecule has 0 aliphatic rings. The van der Waals surface area contributed by atoms with Crippen LogP contribution in [0.1, 0.15) is 38.7 Å². The molecular formula is C13H20O2. The third kappa shape index (κ3) is 3.65. The van der Waals surface area contributed by atoms with Crippen LogP contribution < -0.4 is 0 Å². The van der Waals surface area contributed by atoms with Crippen molar-refractivity contribution >= 4 is 0 Å². The molecular weight excluding hydrogens is 188 g/mol. The van der Waals surface area contributed by atoms with E-state index in [-0.39, 0.29) is 6.10 Å². The van der Waals surface area contributed by atoms with E-state index in [1.165, 1.54) is 0 Å². The minimum Gasteiger partial charge on any atom is -0.393 e. The molecule has 2 unspecified atom stereocenters. The Labute approximate surface area is 91.6 Å². The van der Waals surface area contributed by atoms with Crippen LogP contribution in [0.2, 0.25) is 0 Å². The average Bonchev–Trinajstić information content (AvgIpc) is 2.27. The predicted molar refractivity (Wildman–Crippen MR) is 61.5 cm³/mol. The SMILES string of the molecule is CCC(O)CCC(C)(O)c1ccccc1. The molecule has 0 aliphatic carbocycles. The Bertz CT molecular complexity index is 280. The van der Waals surface area contributed by atoms with Gasteiger partial charge in [0.2, 0.25) is 0 Å². The molecule has 0 amide bonds. The van der Waals surface area contributed by atoms with Gasteiger partial charge in [-0.1, -0.05) is 37.3 Å². The summed E-state index contributed by atoms with van der Waals surface area (Å²) in [6.07, 6.45) is 1.66.